The van der Waals surface area contributed by atoms with E-state index in [-0.39, 0.29) is 0 Å². The normalized spacial score (nSPS) is 34.0. The van der Waals surface area contributed by atoms with Crippen LogP contribution in [0.5, 0.6) is 0 Å². The van der Waals surface area contributed by atoms with Gasteiger partial charge in [0.25, 0.3) is 0 Å². The van der Waals surface area contributed by atoms with E-state index in [1.807, 2.05) is 0 Å². The highest BCUT2D eigenvalue weighted by Crippen LogP contribution is 2.49. The lowest BCUT2D eigenvalue weighted by Gasteiger charge is -2.04. The van der Waals surface area contributed by atoms with Crippen LogP contribution in [0.4, 0.5) is 0 Å². The van der Waals surface area contributed by atoms with Gasteiger partial charge < -0.3 is 0 Å². The molecule has 2 aliphatic rings. The van der Waals surface area contributed by atoms with Crippen LogP contribution in [0.25, 0.3) is 0 Å². The zero-order valence-corrected chi connectivity index (χ0v) is 14.0. The Labute approximate surface area is 116 Å². The molecule has 4 atom stereocenters. The van der Waals surface area contributed by atoms with E-state index in [1.165, 1.54) is 12.8 Å². The molecule has 2 aliphatic carbocycles. The molecule has 108 valence electrons. The lowest BCUT2D eigenvalue weighted by Crippen LogP contribution is -1.97. The Balaban J connectivity index is 0.000000180. The molecule has 2 rings (SSSR count). The van der Waals surface area contributed by atoms with Gasteiger partial charge in [-0.2, -0.15) is 0 Å². The van der Waals surface area contributed by atoms with Gasteiger partial charge in [0.05, 0.1) is 0 Å². The second-order valence-corrected chi connectivity index (χ2v) is 8.10. The standard InChI is InChI=1S/2C9H18/c2*1-6(2)8-5-9(8)7(3)4/h2*6-9H,5H2,1-4H3/t2*8-,9-/m10/s1. The summed E-state index contributed by atoms with van der Waals surface area (Å²) in [4.78, 5) is 0. The predicted octanol–water partition coefficient (Wildman–Crippen LogP) is 5.87. The van der Waals surface area contributed by atoms with E-state index in [0.717, 1.165) is 47.3 Å². The summed E-state index contributed by atoms with van der Waals surface area (Å²) in [5, 5.41) is 0. The largest absolute Gasteiger partial charge is 0.0625 e. The zero-order chi connectivity index (χ0) is 14.0. The molecule has 0 unspecified atom stereocenters. The summed E-state index contributed by atoms with van der Waals surface area (Å²) >= 11 is 0. The molecule has 0 spiro atoms. The first-order valence-electron chi connectivity index (χ1n) is 8.25. The van der Waals surface area contributed by atoms with E-state index in [4.69, 9.17) is 0 Å². The molecule has 2 fully saturated rings. The number of hydrogen-bond donors (Lipinski definition) is 0. The van der Waals surface area contributed by atoms with Crippen molar-refractivity contribution in [1.82, 2.24) is 0 Å². The Bertz CT molecular complexity index is 186. The molecule has 0 nitrogen and oxygen atoms in total. The van der Waals surface area contributed by atoms with Crippen molar-refractivity contribution >= 4 is 0 Å². The summed E-state index contributed by atoms with van der Waals surface area (Å²) in [5.74, 6) is 7.95. The van der Waals surface area contributed by atoms with E-state index < -0.39 is 0 Å². The van der Waals surface area contributed by atoms with Crippen LogP contribution in [0.2, 0.25) is 0 Å². The van der Waals surface area contributed by atoms with Crippen LogP contribution in [0.15, 0.2) is 0 Å². The molecule has 18 heavy (non-hydrogen) atoms. The fourth-order valence-electron chi connectivity index (χ4n) is 3.54. The van der Waals surface area contributed by atoms with Crippen molar-refractivity contribution in [2.75, 3.05) is 0 Å². The summed E-state index contributed by atoms with van der Waals surface area (Å²) in [6.07, 6.45) is 2.99. The third-order valence-electron chi connectivity index (χ3n) is 5.21. The molecule has 0 aliphatic heterocycles. The van der Waals surface area contributed by atoms with Crippen LogP contribution in [0.3, 0.4) is 0 Å². The molecular weight excluding hydrogens is 216 g/mol. The fraction of sp³-hybridized carbons (Fsp3) is 1.00. The highest BCUT2D eigenvalue weighted by atomic mass is 14.5. The molecule has 0 heteroatoms. The highest BCUT2D eigenvalue weighted by molar-refractivity contribution is 4.90. The van der Waals surface area contributed by atoms with Crippen LogP contribution in [-0.2, 0) is 0 Å². The summed E-state index contributed by atoms with van der Waals surface area (Å²) in [7, 11) is 0. The number of rotatable bonds is 4. The van der Waals surface area contributed by atoms with Gasteiger partial charge in [0.1, 0.15) is 0 Å². The smallest absolute Gasteiger partial charge is 0.0357 e. The Kier molecular flexibility index (Phi) is 5.74. The van der Waals surface area contributed by atoms with Crippen molar-refractivity contribution in [3.05, 3.63) is 0 Å². The summed E-state index contributed by atoms with van der Waals surface area (Å²) < 4.78 is 0. The van der Waals surface area contributed by atoms with Gasteiger partial charge in [-0.1, -0.05) is 55.4 Å². The average Bonchev–Trinajstić information content (AvgIpc) is 3.12. The number of hydrogen-bond acceptors (Lipinski definition) is 0. The lowest BCUT2D eigenvalue weighted by atomic mass is 10.0. The zero-order valence-electron chi connectivity index (χ0n) is 14.0. The molecule has 0 bridgehead atoms. The van der Waals surface area contributed by atoms with Crippen LogP contribution < -0.4 is 0 Å². The SMILES string of the molecule is CC(C)[C@@H]1C[C@H]1C(C)C.CC(C)[C@H]1C[C@@H]1C(C)C. The van der Waals surface area contributed by atoms with Crippen molar-refractivity contribution in [3.63, 3.8) is 0 Å². The second kappa shape index (κ2) is 6.44. The molecule has 0 amide bonds. The van der Waals surface area contributed by atoms with Crippen molar-refractivity contribution < 1.29 is 0 Å². The third-order valence-corrected chi connectivity index (χ3v) is 5.21. The van der Waals surface area contributed by atoms with Gasteiger partial charge in [0, 0.05) is 0 Å². The molecule has 0 aromatic rings. The Hall–Kier alpha value is 0. The molecule has 0 aromatic heterocycles. The summed E-state index contributed by atoms with van der Waals surface area (Å²) in [5.41, 5.74) is 0. The summed E-state index contributed by atoms with van der Waals surface area (Å²) in [6.45, 7) is 18.7. The quantitative estimate of drug-likeness (QED) is 0.587. The minimum absolute atomic E-state index is 0.928. The minimum Gasteiger partial charge on any atom is -0.0625 e. The molecule has 2 saturated carbocycles. The lowest BCUT2D eigenvalue weighted by molar-refractivity contribution is 0.448. The van der Waals surface area contributed by atoms with E-state index >= 15 is 0 Å². The Morgan fingerprint density at radius 2 is 0.611 bits per heavy atom. The molecular formula is C18H36. The monoisotopic (exact) mass is 252 g/mol. The average molecular weight is 252 g/mol. The first kappa shape index (κ1) is 16.1. The van der Waals surface area contributed by atoms with Crippen molar-refractivity contribution in [2.45, 2.75) is 68.2 Å². The van der Waals surface area contributed by atoms with Gasteiger partial charge >= 0.3 is 0 Å². The van der Waals surface area contributed by atoms with Gasteiger partial charge in [0.2, 0.25) is 0 Å². The fourth-order valence-corrected chi connectivity index (χ4v) is 3.54. The molecule has 0 N–H and O–H groups in total. The second-order valence-electron chi connectivity index (χ2n) is 8.10. The molecule has 0 heterocycles. The van der Waals surface area contributed by atoms with Crippen molar-refractivity contribution in [2.24, 2.45) is 47.3 Å². The Morgan fingerprint density at radius 1 is 0.444 bits per heavy atom. The maximum Gasteiger partial charge on any atom is -0.0357 e. The van der Waals surface area contributed by atoms with Crippen LogP contribution >= 0.6 is 0 Å². The van der Waals surface area contributed by atoms with E-state index in [1.54, 1.807) is 0 Å². The van der Waals surface area contributed by atoms with Gasteiger partial charge in [0.15, 0.2) is 0 Å². The van der Waals surface area contributed by atoms with E-state index in [0.29, 0.717) is 0 Å². The topological polar surface area (TPSA) is 0 Å². The van der Waals surface area contributed by atoms with Gasteiger partial charge in [-0.05, 0) is 60.2 Å². The van der Waals surface area contributed by atoms with Gasteiger partial charge in [-0.15, -0.1) is 0 Å². The third kappa shape index (κ3) is 4.59. The van der Waals surface area contributed by atoms with Crippen LogP contribution in [0, 0.1) is 47.3 Å². The minimum atomic E-state index is 0.928. The Morgan fingerprint density at radius 3 is 0.667 bits per heavy atom. The molecule has 0 saturated heterocycles. The highest BCUT2D eigenvalue weighted by Gasteiger charge is 2.41. The van der Waals surface area contributed by atoms with Crippen LogP contribution in [0.1, 0.15) is 68.2 Å². The van der Waals surface area contributed by atoms with E-state index in [9.17, 15) is 0 Å². The van der Waals surface area contributed by atoms with E-state index in [2.05, 4.69) is 55.4 Å². The summed E-state index contributed by atoms with van der Waals surface area (Å²) in [6, 6.07) is 0. The van der Waals surface area contributed by atoms with Crippen molar-refractivity contribution in [3.8, 4) is 0 Å². The molecule has 0 aromatic carbocycles. The van der Waals surface area contributed by atoms with Crippen LogP contribution in [-0.4, -0.2) is 0 Å². The molecule has 0 radical (unpaired) electrons. The first-order chi connectivity index (χ1) is 8.25. The maximum atomic E-state index is 2.34. The van der Waals surface area contributed by atoms with Gasteiger partial charge in [-0.3, -0.25) is 0 Å². The van der Waals surface area contributed by atoms with Crippen molar-refractivity contribution in [1.29, 1.82) is 0 Å². The first-order valence-corrected chi connectivity index (χ1v) is 8.25. The maximum absolute atomic E-state index is 2.34. The predicted molar refractivity (Wildman–Crippen MR) is 82.5 cm³/mol. The van der Waals surface area contributed by atoms with Gasteiger partial charge in [-0.25, -0.2) is 0 Å².